The average molecular weight is 380 g/mol. The Kier molecular flexibility index (Phi) is 5.97. The average Bonchev–Trinajstić information content (AvgIpc) is 3.07. The van der Waals surface area contributed by atoms with Gasteiger partial charge >= 0.3 is 0 Å². The second kappa shape index (κ2) is 8.42. The van der Waals surface area contributed by atoms with E-state index in [4.69, 9.17) is 0 Å². The van der Waals surface area contributed by atoms with E-state index in [0.717, 1.165) is 47.4 Å². The van der Waals surface area contributed by atoms with Crippen molar-refractivity contribution in [2.24, 2.45) is 7.05 Å². The Morgan fingerprint density at radius 2 is 2.04 bits per heavy atom. The minimum Gasteiger partial charge on any atom is -0.350 e. The molecule has 1 aromatic carbocycles. The molecule has 6 heteroatoms. The summed E-state index contributed by atoms with van der Waals surface area (Å²) in [6.45, 7) is 6.27. The van der Waals surface area contributed by atoms with Crippen molar-refractivity contribution in [1.82, 2.24) is 19.9 Å². The Morgan fingerprint density at radius 3 is 2.75 bits per heavy atom. The van der Waals surface area contributed by atoms with Crippen LogP contribution < -0.4 is 10.2 Å². The van der Waals surface area contributed by atoms with Gasteiger partial charge < -0.3 is 14.8 Å². The highest BCUT2D eigenvalue weighted by Crippen LogP contribution is 2.28. The Labute approximate surface area is 166 Å². The third-order valence-electron chi connectivity index (χ3n) is 5.12. The van der Waals surface area contributed by atoms with Gasteiger partial charge in [0, 0.05) is 37.5 Å². The normalized spacial score (nSPS) is 12.2. The third-order valence-corrected chi connectivity index (χ3v) is 5.12. The number of amides is 1. The van der Waals surface area contributed by atoms with Crippen molar-refractivity contribution < 1.29 is 4.79 Å². The van der Waals surface area contributed by atoms with Gasteiger partial charge in [0.25, 0.3) is 5.91 Å². The van der Waals surface area contributed by atoms with E-state index in [1.807, 2.05) is 49.9 Å². The number of aryl methyl sites for hydroxylation is 2. The van der Waals surface area contributed by atoms with Gasteiger partial charge in [0.1, 0.15) is 11.3 Å². The second-order valence-electron chi connectivity index (χ2n) is 7.31. The molecule has 28 heavy (non-hydrogen) atoms. The summed E-state index contributed by atoms with van der Waals surface area (Å²) >= 11 is 0. The van der Waals surface area contributed by atoms with E-state index in [0.29, 0.717) is 5.56 Å². The first-order valence-electron chi connectivity index (χ1n) is 9.89. The third kappa shape index (κ3) is 4.01. The number of nitrogens with zero attached hydrogens (tertiary/aromatic N) is 4. The topological polar surface area (TPSA) is 63.1 Å². The lowest BCUT2D eigenvalue weighted by Crippen LogP contribution is -2.32. The highest BCUT2D eigenvalue weighted by Gasteiger charge is 2.15. The summed E-state index contributed by atoms with van der Waals surface area (Å²) in [6, 6.07) is 8.10. The molecule has 1 amide bonds. The van der Waals surface area contributed by atoms with Crippen LogP contribution in [0.2, 0.25) is 0 Å². The molecule has 0 aliphatic heterocycles. The van der Waals surface area contributed by atoms with Gasteiger partial charge in [0.05, 0.1) is 18.0 Å². The largest absolute Gasteiger partial charge is 0.350 e. The van der Waals surface area contributed by atoms with Crippen LogP contribution in [0.15, 0.2) is 36.8 Å². The summed E-state index contributed by atoms with van der Waals surface area (Å²) < 4.78 is 1.99. The molecule has 6 nitrogen and oxygen atoms in total. The molecule has 0 aliphatic rings. The minimum absolute atomic E-state index is 0.0146. The number of pyridine rings is 1. The summed E-state index contributed by atoms with van der Waals surface area (Å²) in [7, 11) is 3.98. The van der Waals surface area contributed by atoms with Crippen molar-refractivity contribution in [3.63, 3.8) is 0 Å². The molecule has 0 aliphatic carbocycles. The van der Waals surface area contributed by atoms with Gasteiger partial charge in [-0.2, -0.15) is 0 Å². The number of hydrogen-bond donors (Lipinski definition) is 1. The molecule has 0 bridgehead atoms. The Balaban J connectivity index is 1.88. The summed E-state index contributed by atoms with van der Waals surface area (Å²) in [5.74, 6) is 0.832. The molecular formula is C22H29N5O. The van der Waals surface area contributed by atoms with E-state index >= 15 is 0 Å². The maximum Gasteiger partial charge on any atom is 0.251 e. The van der Waals surface area contributed by atoms with Gasteiger partial charge in [-0.05, 0) is 43.5 Å². The van der Waals surface area contributed by atoms with Crippen LogP contribution in [0.5, 0.6) is 0 Å². The lowest BCUT2D eigenvalue weighted by atomic mass is 10.0. The van der Waals surface area contributed by atoms with Gasteiger partial charge in [-0.1, -0.05) is 20.3 Å². The number of hydrogen-bond acceptors (Lipinski definition) is 4. The number of imidazole rings is 1. The van der Waals surface area contributed by atoms with Crippen LogP contribution in [0, 0.1) is 0 Å². The number of anilines is 2. The van der Waals surface area contributed by atoms with Crippen molar-refractivity contribution in [2.45, 2.75) is 46.1 Å². The van der Waals surface area contributed by atoms with Gasteiger partial charge in [0.2, 0.25) is 0 Å². The standard InChI is InChI=1S/C22H29N5O/c1-6-8-15(3)25-22(28)17-9-10-19(16(7-2)11-17)27(5)21-12-20-18(13-23-21)24-14-26(20)4/h9-15H,6-8H2,1-5H3,(H,25,28). The molecule has 0 saturated carbocycles. The quantitative estimate of drug-likeness (QED) is 0.668. The SMILES string of the molecule is CCCC(C)NC(=O)c1ccc(N(C)c2cc3c(cn2)ncn3C)c(CC)c1. The van der Waals surface area contributed by atoms with Crippen LogP contribution in [-0.4, -0.2) is 33.5 Å². The molecule has 3 aromatic rings. The number of aromatic nitrogens is 3. The van der Waals surface area contributed by atoms with Gasteiger partial charge in [-0.3, -0.25) is 4.79 Å². The molecule has 3 rings (SSSR count). The zero-order valence-corrected chi connectivity index (χ0v) is 17.4. The van der Waals surface area contributed by atoms with Gasteiger partial charge in [0.15, 0.2) is 0 Å². The lowest BCUT2D eigenvalue weighted by molar-refractivity contribution is 0.0938. The molecule has 0 saturated heterocycles. The highest BCUT2D eigenvalue weighted by molar-refractivity contribution is 5.95. The first-order chi connectivity index (χ1) is 13.4. The fourth-order valence-corrected chi connectivity index (χ4v) is 3.48. The predicted octanol–water partition coefficient (Wildman–Crippen LogP) is 4.22. The highest BCUT2D eigenvalue weighted by atomic mass is 16.1. The monoisotopic (exact) mass is 379 g/mol. The maximum atomic E-state index is 12.6. The van der Waals surface area contributed by atoms with E-state index in [1.165, 1.54) is 0 Å². The van der Waals surface area contributed by atoms with E-state index in [-0.39, 0.29) is 11.9 Å². The number of fused-ring (bicyclic) bond motifs is 1. The molecule has 2 heterocycles. The molecule has 0 spiro atoms. The van der Waals surface area contributed by atoms with Gasteiger partial charge in [-0.15, -0.1) is 0 Å². The Morgan fingerprint density at radius 1 is 1.25 bits per heavy atom. The van der Waals surface area contributed by atoms with Crippen LogP contribution in [0.25, 0.3) is 11.0 Å². The zero-order valence-electron chi connectivity index (χ0n) is 17.4. The van der Waals surface area contributed by atoms with E-state index in [1.54, 1.807) is 12.5 Å². The van der Waals surface area contributed by atoms with Crippen LogP contribution in [0.3, 0.4) is 0 Å². The maximum absolute atomic E-state index is 12.6. The fourth-order valence-electron chi connectivity index (χ4n) is 3.48. The van der Waals surface area contributed by atoms with Crippen molar-refractivity contribution in [1.29, 1.82) is 0 Å². The molecule has 148 valence electrons. The number of benzene rings is 1. The lowest BCUT2D eigenvalue weighted by Gasteiger charge is -2.22. The first-order valence-corrected chi connectivity index (χ1v) is 9.89. The van der Waals surface area contributed by atoms with E-state index in [9.17, 15) is 4.79 Å². The smallest absolute Gasteiger partial charge is 0.251 e. The van der Waals surface area contributed by atoms with Crippen molar-refractivity contribution in [2.75, 3.05) is 11.9 Å². The van der Waals surface area contributed by atoms with E-state index in [2.05, 4.69) is 34.0 Å². The molecule has 1 N–H and O–H groups in total. The van der Waals surface area contributed by atoms with Crippen LogP contribution in [0.1, 0.15) is 49.5 Å². The van der Waals surface area contributed by atoms with E-state index < -0.39 is 0 Å². The summed E-state index contributed by atoms with van der Waals surface area (Å²) in [4.78, 5) is 23.5. The zero-order chi connectivity index (χ0) is 20.3. The molecule has 1 atom stereocenters. The number of carbonyl (C=O) groups is 1. The number of rotatable bonds is 7. The number of carbonyl (C=O) groups excluding carboxylic acids is 1. The summed E-state index contributed by atoms with van der Waals surface area (Å²) in [5, 5.41) is 3.08. The van der Waals surface area contributed by atoms with Gasteiger partial charge in [-0.25, -0.2) is 9.97 Å². The molecule has 2 aromatic heterocycles. The molecule has 0 fully saturated rings. The fraction of sp³-hybridized carbons (Fsp3) is 0.409. The molecule has 0 radical (unpaired) electrons. The molecular weight excluding hydrogens is 350 g/mol. The molecule has 1 unspecified atom stereocenters. The number of nitrogens with one attached hydrogen (secondary N) is 1. The van der Waals surface area contributed by atoms with Crippen LogP contribution in [-0.2, 0) is 13.5 Å². The Hall–Kier alpha value is -2.89. The first kappa shape index (κ1) is 19.9. The van der Waals surface area contributed by atoms with Crippen LogP contribution in [0.4, 0.5) is 11.5 Å². The van der Waals surface area contributed by atoms with Crippen molar-refractivity contribution in [3.8, 4) is 0 Å². The van der Waals surface area contributed by atoms with Crippen LogP contribution >= 0.6 is 0 Å². The predicted molar refractivity (Wildman–Crippen MR) is 114 cm³/mol. The summed E-state index contributed by atoms with van der Waals surface area (Å²) in [6.07, 6.45) is 6.46. The minimum atomic E-state index is -0.0146. The second-order valence-corrected chi connectivity index (χ2v) is 7.31. The van der Waals surface area contributed by atoms with Crippen molar-refractivity contribution in [3.05, 3.63) is 47.9 Å². The Bertz CT molecular complexity index is 978. The van der Waals surface area contributed by atoms with Crippen molar-refractivity contribution >= 4 is 28.4 Å². The summed E-state index contributed by atoms with van der Waals surface area (Å²) in [5.41, 5.74) is 4.78.